The molecule has 1 aliphatic rings. The number of aryl methyl sites for hydroxylation is 1. The molecule has 18 heavy (non-hydrogen) atoms. The van der Waals surface area contributed by atoms with E-state index in [4.69, 9.17) is 0 Å². The van der Waals surface area contributed by atoms with Crippen molar-refractivity contribution < 1.29 is 4.79 Å². The van der Waals surface area contributed by atoms with E-state index in [0.29, 0.717) is 0 Å². The molecule has 2 N–H and O–H groups in total. The van der Waals surface area contributed by atoms with Crippen LogP contribution in [0.5, 0.6) is 0 Å². The third-order valence-electron chi connectivity index (χ3n) is 3.70. The number of hydrogen-bond acceptors (Lipinski definition) is 2. The first-order chi connectivity index (χ1) is 8.60. The average molecular weight is 246 g/mol. The maximum atomic E-state index is 12.1. The lowest BCUT2D eigenvalue weighted by molar-refractivity contribution is -0.129. The van der Waals surface area contributed by atoms with Crippen LogP contribution in [0.4, 0.5) is 0 Å². The molecule has 1 saturated heterocycles. The number of nitrogens with one attached hydrogen (secondary N) is 2. The minimum Gasteiger partial charge on any atom is -0.355 e. The van der Waals surface area contributed by atoms with E-state index in [9.17, 15) is 4.79 Å². The Labute approximate surface area is 109 Å². The summed E-state index contributed by atoms with van der Waals surface area (Å²) in [7, 11) is 0. The van der Waals surface area contributed by atoms with E-state index >= 15 is 0 Å². The lowest BCUT2D eigenvalue weighted by Crippen LogP contribution is -2.41. The Balaban J connectivity index is 1.80. The summed E-state index contributed by atoms with van der Waals surface area (Å²) in [4.78, 5) is 12.1. The van der Waals surface area contributed by atoms with Crippen molar-refractivity contribution in [2.45, 2.75) is 26.7 Å². The number of amides is 1. The van der Waals surface area contributed by atoms with Gasteiger partial charge in [-0.05, 0) is 38.8 Å². The minimum absolute atomic E-state index is 0.181. The second-order valence-electron chi connectivity index (χ2n) is 5.48. The van der Waals surface area contributed by atoms with Crippen molar-refractivity contribution >= 4 is 5.91 Å². The van der Waals surface area contributed by atoms with Crippen molar-refractivity contribution in [2.75, 3.05) is 19.6 Å². The van der Waals surface area contributed by atoms with Crippen molar-refractivity contribution in [3.8, 4) is 0 Å². The van der Waals surface area contributed by atoms with Gasteiger partial charge in [0.25, 0.3) is 0 Å². The van der Waals surface area contributed by atoms with Gasteiger partial charge in [-0.25, -0.2) is 0 Å². The van der Waals surface area contributed by atoms with Gasteiger partial charge in [0.15, 0.2) is 0 Å². The molecule has 0 radical (unpaired) electrons. The van der Waals surface area contributed by atoms with Crippen LogP contribution >= 0.6 is 0 Å². The van der Waals surface area contributed by atoms with Crippen molar-refractivity contribution in [1.29, 1.82) is 0 Å². The highest BCUT2D eigenvalue weighted by atomic mass is 16.2. The number of carbonyl (C=O) groups is 1. The van der Waals surface area contributed by atoms with Gasteiger partial charge in [-0.3, -0.25) is 4.79 Å². The van der Waals surface area contributed by atoms with Gasteiger partial charge in [-0.15, -0.1) is 0 Å². The molecule has 1 fully saturated rings. The molecule has 1 aromatic carbocycles. The van der Waals surface area contributed by atoms with Crippen LogP contribution in [0.15, 0.2) is 24.3 Å². The summed E-state index contributed by atoms with van der Waals surface area (Å²) in [5.41, 5.74) is 2.34. The molecular formula is C15H22N2O. The summed E-state index contributed by atoms with van der Waals surface area (Å²) in [6.45, 7) is 6.59. The zero-order valence-electron chi connectivity index (χ0n) is 11.3. The quantitative estimate of drug-likeness (QED) is 0.848. The van der Waals surface area contributed by atoms with Gasteiger partial charge in [0.1, 0.15) is 0 Å². The summed E-state index contributed by atoms with van der Waals surface area (Å²) in [6.07, 6.45) is 1.83. The second-order valence-corrected chi connectivity index (χ2v) is 5.48. The molecule has 98 valence electrons. The van der Waals surface area contributed by atoms with E-state index in [-0.39, 0.29) is 11.3 Å². The molecule has 2 rings (SSSR count). The molecule has 1 aromatic rings. The molecule has 0 aliphatic carbocycles. The Kier molecular flexibility index (Phi) is 4.02. The molecule has 0 saturated carbocycles. The highest BCUT2D eigenvalue weighted by Gasteiger charge is 2.35. The highest BCUT2D eigenvalue weighted by Crippen LogP contribution is 2.24. The Morgan fingerprint density at radius 3 is 3.00 bits per heavy atom. The zero-order chi connectivity index (χ0) is 13.0. The fourth-order valence-corrected chi connectivity index (χ4v) is 2.41. The van der Waals surface area contributed by atoms with Gasteiger partial charge in [0.05, 0.1) is 5.41 Å². The van der Waals surface area contributed by atoms with Crippen molar-refractivity contribution in [3.05, 3.63) is 35.4 Å². The van der Waals surface area contributed by atoms with Crippen LogP contribution < -0.4 is 10.6 Å². The van der Waals surface area contributed by atoms with Crippen LogP contribution in [0, 0.1) is 12.3 Å². The average Bonchev–Trinajstić information content (AvgIpc) is 2.77. The van der Waals surface area contributed by atoms with Crippen LogP contribution in [-0.4, -0.2) is 25.5 Å². The topological polar surface area (TPSA) is 41.1 Å². The fourth-order valence-electron chi connectivity index (χ4n) is 2.41. The Morgan fingerprint density at radius 1 is 1.50 bits per heavy atom. The lowest BCUT2D eigenvalue weighted by atomic mass is 9.89. The summed E-state index contributed by atoms with van der Waals surface area (Å²) in [5.74, 6) is 0.181. The third-order valence-corrected chi connectivity index (χ3v) is 3.70. The molecule has 3 heteroatoms. The Hall–Kier alpha value is -1.35. The molecule has 0 spiro atoms. The van der Waals surface area contributed by atoms with Gasteiger partial charge in [-0.1, -0.05) is 29.8 Å². The predicted octanol–water partition coefficient (Wildman–Crippen LogP) is 1.65. The normalized spacial score (nSPS) is 23.0. The standard InChI is InChI=1S/C15H22N2O/c1-12-4-3-5-13(10-12)6-8-17-14(18)15(2)7-9-16-11-15/h3-5,10,16H,6-9,11H2,1-2H3,(H,17,18). The molecule has 1 atom stereocenters. The molecular weight excluding hydrogens is 224 g/mol. The van der Waals surface area contributed by atoms with Crippen molar-refractivity contribution in [3.63, 3.8) is 0 Å². The first kappa shape index (κ1) is 13.1. The van der Waals surface area contributed by atoms with Crippen molar-refractivity contribution in [1.82, 2.24) is 10.6 Å². The van der Waals surface area contributed by atoms with Gasteiger partial charge >= 0.3 is 0 Å². The number of hydrogen-bond donors (Lipinski definition) is 2. The van der Waals surface area contributed by atoms with Crippen LogP contribution in [0.25, 0.3) is 0 Å². The van der Waals surface area contributed by atoms with E-state index in [2.05, 4.69) is 41.8 Å². The van der Waals surface area contributed by atoms with Crippen molar-refractivity contribution in [2.24, 2.45) is 5.41 Å². The smallest absolute Gasteiger partial charge is 0.227 e. The van der Waals surface area contributed by atoms with Crippen LogP contribution in [0.1, 0.15) is 24.5 Å². The molecule has 1 heterocycles. The van der Waals surface area contributed by atoms with Crippen LogP contribution in [0.3, 0.4) is 0 Å². The largest absolute Gasteiger partial charge is 0.355 e. The maximum absolute atomic E-state index is 12.1. The molecule has 3 nitrogen and oxygen atoms in total. The third kappa shape index (κ3) is 3.10. The number of benzene rings is 1. The van der Waals surface area contributed by atoms with Crippen LogP contribution in [-0.2, 0) is 11.2 Å². The van der Waals surface area contributed by atoms with Crippen LogP contribution in [0.2, 0.25) is 0 Å². The number of rotatable bonds is 4. The zero-order valence-corrected chi connectivity index (χ0v) is 11.3. The van der Waals surface area contributed by atoms with E-state index < -0.39 is 0 Å². The molecule has 1 aliphatic heterocycles. The number of carbonyl (C=O) groups excluding carboxylic acids is 1. The first-order valence-corrected chi connectivity index (χ1v) is 6.65. The Morgan fingerprint density at radius 2 is 2.33 bits per heavy atom. The summed E-state index contributed by atoms with van der Waals surface area (Å²) >= 11 is 0. The van der Waals surface area contributed by atoms with Gasteiger partial charge in [0, 0.05) is 13.1 Å². The summed E-state index contributed by atoms with van der Waals surface area (Å²) < 4.78 is 0. The SMILES string of the molecule is Cc1cccc(CCNC(=O)C2(C)CCNC2)c1. The maximum Gasteiger partial charge on any atom is 0.227 e. The second kappa shape index (κ2) is 5.53. The Bertz CT molecular complexity index is 422. The molecule has 1 amide bonds. The summed E-state index contributed by atoms with van der Waals surface area (Å²) in [6, 6.07) is 8.44. The lowest BCUT2D eigenvalue weighted by Gasteiger charge is -2.21. The molecule has 0 bridgehead atoms. The predicted molar refractivity (Wildman–Crippen MR) is 73.5 cm³/mol. The highest BCUT2D eigenvalue weighted by molar-refractivity contribution is 5.82. The van der Waals surface area contributed by atoms with E-state index in [0.717, 1.165) is 32.5 Å². The van der Waals surface area contributed by atoms with Gasteiger partial charge in [0.2, 0.25) is 5.91 Å². The molecule has 0 aromatic heterocycles. The minimum atomic E-state index is -0.216. The summed E-state index contributed by atoms with van der Waals surface area (Å²) in [5, 5.41) is 6.30. The van der Waals surface area contributed by atoms with Gasteiger partial charge < -0.3 is 10.6 Å². The monoisotopic (exact) mass is 246 g/mol. The molecule has 1 unspecified atom stereocenters. The first-order valence-electron chi connectivity index (χ1n) is 6.65. The van der Waals surface area contributed by atoms with E-state index in [1.807, 2.05) is 6.92 Å². The fraction of sp³-hybridized carbons (Fsp3) is 0.533. The van der Waals surface area contributed by atoms with E-state index in [1.54, 1.807) is 0 Å². The van der Waals surface area contributed by atoms with E-state index in [1.165, 1.54) is 11.1 Å². The van der Waals surface area contributed by atoms with Gasteiger partial charge in [-0.2, -0.15) is 0 Å².